The summed E-state index contributed by atoms with van der Waals surface area (Å²) in [5, 5.41) is 9.94. The third-order valence-corrected chi connectivity index (χ3v) is 5.12. The molecule has 3 aromatic rings. The van der Waals surface area contributed by atoms with E-state index in [1.165, 1.54) is 10.3 Å². The van der Waals surface area contributed by atoms with Crippen LogP contribution in [0.25, 0.3) is 10.8 Å². The molecule has 2 aromatic carbocycles. The zero-order valence-electron chi connectivity index (χ0n) is 15.2. The van der Waals surface area contributed by atoms with E-state index in [0.717, 1.165) is 28.5 Å². The van der Waals surface area contributed by atoms with E-state index in [0.29, 0.717) is 19.7 Å². The predicted molar refractivity (Wildman–Crippen MR) is 109 cm³/mol. The Kier molecular flexibility index (Phi) is 6.44. The number of nitrogens with zero attached hydrogens (tertiary/aromatic N) is 2. The molecule has 0 fully saturated rings. The number of thiazole rings is 1. The van der Waals surface area contributed by atoms with E-state index < -0.39 is 0 Å². The lowest BCUT2D eigenvalue weighted by atomic mass is 10.1. The minimum absolute atomic E-state index is 0.561. The van der Waals surface area contributed by atoms with Crippen molar-refractivity contribution in [1.82, 2.24) is 15.6 Å². The first-order chi connectivity index (χ1) is 12.8. The van der Waals surface area contributed by atoms with Gasteiger partial charge in [0.05, 0.1) is 13.1 Å². The molecule has 0 unspecified atom stereocenters. The number of guanidine groups is 1. The second-order valence-electron chi connectivity index (χ2n) is 5.75. The molecule has 0 aliphatic carbocycles. The van der Waals surface area contributed by atoms with Gasteiger partial charge in [-0.25, -0.2) is 4.98 Å². The van der Waals surface area contributed by atoms with Gasteiger partial charge in [-0.1, -0.05) is 43.3 Å². The van der Waals surface area contributed by atoms with Gasteiger partial charge in [0, 0.05) is 23.5 Å². The van der Waals surface area contributed by atoms with Crippen molar-refractivity contribution in [2.75, 3.05) is 20.2 Å². The number of fused-ring (bicyclic) bond motifs is 1. The molecule has 0 radical (unpaired) electrons. The van der Waals surface area contributed by atoms with Crippen LogP contribution in [0, 0.1) is 0 Å². The number of aliphatic imine (C=N–C) groups is 1. The molecule has 136 valence electrons. The Morgan fingerprint density at radius 3 is 2.81 bits per heavy atom. The second-order valence-corrected chi connectivity index (χ2v) is 6.95. The molecule has 0 spiro atoms. The average Bonchev–Trinajstić information content (AvgIpc) is 3.15. The fourth-order valence-corrected chi connectivity index (χ4v) is 3.43. The van der Waals surface area contributed by atoms with Gasteiger partial charge in [0.15, 0.2) is 5.96 Å². The van der Waals surface area contributed by atoms with Crippen molar-refractivity contribution in [3.8, 4) is 5.75 Å². The molecule has 6 heteroatoms. The predicted octanol–water partition coefficient (Wildman–Crippen LogP) is 3.60. The van der Waals surface area contributed by atoms with Crippen LogP contribution in [0.3, 0.4) is 0 Å². The largest absolute Gasteiger partial charge is 0.491 e. The van der Waals surface area contributed by atoms with Gasteiger partial charge in [0.1, 0.15) is 17.4 Å². The lowest BCUT2D eigenvalue weighted by Gasteiger charge is -2.12. The number of aromatic nitrogens is 1. The number of benzene rings is 2. The SMILES string of the molecule is CCc1cnc(CNC(=NC)NCCOc2cccc3ccccc23)s1. The maximum absolute atomic E-state index is 5.94. The Hall–Kier alpha value is -2.60. The van der Waals surface area contributed by atoms with E-state index in [4.69, 9.17) is 4.74 Å². The fraction of sp³-hybridized carbons (Fsp3) is 0.300. The normalized spacial score (nSPS) is 11.5. The molecule has 1 heterocycles. The Morgan fingerprint density at radius 2 is 2.00 bits per heavy atom. The van der Waals surface area contributed by atoms with E-state index in [2.05, 4.69) is 45.7 Å². The van der Waals surface area contributed by atoms with Gasteiger partial charge in [0.2, 0.25) is 0 Å². The molecule has 5 nitrogen and oxygen atoms in total. The van der Waals surface area contributed by atoms with Crippen LogP contribution in [-0.2, 0) is 13.0 Å². The first-order valence-electron chi connectivity index (χ1n) is 8.79. The van der Waals surface area contributed by atoms with Crippen LogP contribution in [0.4, 0.5) is 0 Å². The lowest BCUT2D eigenvalue weighted by Crippen LogP contribution is -2.38. The third-order valence-electron chi connectivity index (χ3n) is 3.98. The monoisotopic (exact) mass is 368 g/mol. The summed E-state index contributed by atoms with van der Waals surface area (Å²) in [5.41, 5.74) is 0. The van der Waals surface area contributed by atoms with Crippen LogP contribution in [0.2, 0.25) is 0 Å². The molecule has 2 N–H and O–H groups in total. The summed E-state index contributed by atoms with van der Waals surface area (Å²) in [6, 6.07) is 14.4. The fourth-order valence-electron chi connectivity index (χ4n) is 2.63. The standard InChI is InChI=1S/C20H24N4OS/c1-3-16-13-23-19(26-16)14-24-20(21-2)22-11-12-25-18-10-6-8-15-7-4-5-9-17(15)18/h4-10,13H,3,11-12,14H2,1-2H3,(H2,21,22,24). The van der Waals surface area contributed by atoms with Crippen molar-refractivity contribution in [1.29, 1.82) is 0 Å². The quantitative estimate of drug-likeness (QED) is 0.380. The van der Waals surface area contributed by atoms with Gasteiger partial charge in [-0.05, 0) is 17.9 Å². The maximum atomic E-state index is 5.94. The minimum Gasteiger partial charge on any atom is -0.491 e. The van der Waals surface area contributed by atoms with E-state index in [1.54, 1.807) is 18.4 Å². The van der Waals surface area contributed by atoms with Crippen LogP contribution in [0.5, 0.6) is 5.75 Å². The zero-order valence-corrected chi connectivity index (χ0v) is 16.0. The van der Waals surface area contributed by atoms with Crippen molar-refractivity contribution in [3.05, 3.63) is 58.5 Å². The highest BCUT2D eigenvalue weighted by Crippen LogP contribution is 2.24. The molecule has 0 saturated carbocycles. The summed E-state index contributed by atoms with van der Waals surface area (Å²) < 4.78 is 5.94. The van der Waals surface area contributed by atoms with Crippen LogP contribution >= 0.6 is 11.3 Å². The Balaban J connectivity index is 1.45. The summed E-state index contributed by atoms with van der Waals surface area (Å²) in [4.78, 5) is 9.95. The van der Waals surface area contributed by atoms with E-state index >= 15 is 0 Å². The minimum atomic E-state index is 0.561. The molecule has 0 amide bonds. The summed E-state index contributed by atoms with van der Waals surface area (Å²) in [6.07, 6.45) is 2.96. The molecular formula is C20H24N4OS. The van der Waals surface area contributed by atoms with Gasteiger partial charge in [-0.15, -0.1) is 11.3 Å². The Bertz CT molecular complexity index is 870. The van der Waals surface area contributed by atoms with Crippen molar-refractivity contribution in [2.24, 2.45) is 4.99 Å². The maximum Gasteiger partial charge on any atom is 0.191 e. The molecule has 1 aromatic heterocycles. The molecule has 0 saturated heterocycles. The molecule has 0 atom stereocenters. The van der Waals surface area contributed by atoms with Crippen molar-refractivity contribution in [2.45, 2.75) is 19.9 Å². The van der Waals surface area contributed by atoms with E-state index in [1.807, 2.05) is 30.5 Å². The molecule has 26 heavy (non-hydrogen) atoms. The highest BCUT2D eigenvalue weighted by molar-refractivity contribution is 7.11. The first-order valence-corrected chi connectivity index (χ1v) is 9.60. The molecule has 0 aliphatic heterocycles. The summed E-state index contributed by atoms with van der Waals surface area (Å²) >= 11 is 1.73. The molecule has 0 bridgehead atoms. The van der Waals surface area contributed by atoms with Gasteiger partial charge < -0.3 is 15.4 Å². The number of rotatable bonds is 7. The van der Waals surface area contributed by atoms with Gasteiger partial charge >= 0.3 is 0 Å². The van der Waals surface area contributed by atoms with Crippen molar-refractivity contribution < 1.29 is 4.74 Å². The number of hydrogen-bond donors (Lipinski definition) is 2. The summed E-state index contributed by atoms with van der Waals surface area (Å²) in [5.74, 6) is 1.66. The number of aryl methyl sites for hydroxylation is 1. The van der Waals surface area contributed by atoms with Crippen LogP contribution in [0.15, 0.2) is 53.7 Å². The smallest absolute Gasteiger partial charge is 0.191 e. The molecule has 3 rings (SSSR count). The van der Waals surface area contributed by atoms with Crippen molar-refractivity contribution >= 4 is 28.1 Å². The highest BCUT2D eigenvalue weighted by atomic mass is 32.1. The summed E-state index contributed by atoms with van der Waals surface area (Å²) in [6.45, 7) is 4.04. The lowest BCUT2D eigenvalue weighted by molar-refractivity contribution is 0.325. The van der Waals surface area contributed by atoms with Gasteiger partial charge in [0.25, 0.3) is 0 Å². The van der Waals surface area contributed by atoms with E-state index in [9.17, 15) is 0 Å². The van der Waals surface area contributed by atoms with E-state index in [-0.39, 0.29) is 0 Å². The third kappa shape index (κ3) is 4.73. The van der Waals surface area contributed by atoms with Gasteiger partial charge in [-0.3, -0.25) is 4.99 Å². The van der Waals surface area contributed by atoms with Crippen LogP contribution < -0.4 is 15.4 Å². The highest BCUT2D eigenvalue weighted by Gasteiger charge is 2.04. The van der Waals surface area contributed by atoms with Crippen LogP contribution in [-0.4, -0.2) is 31.1 Å². The molecule has 0 aliphatic rings. The molecular weight excluding hydrogens is 344 g/mol. The Labute approximate surface area is 158 Å². The average molecular weight is 369 g/mol. The topological polar surface area (TPSA) is 58.5 Å². The van der Waals surface area contributed by atoms with Crippen LogP contribution in [0.1, 0.15) is 16.8 Å². The number of nitrogens with one attached hydrogen (secondary N) is 2. The zero-order chi connectivity index (χ0) is 18.2. The van der Waals surface area contributed by atoms with Gasteiger partial charge in [-0.2, -0.15) is 0 Å². The van der Waals surface area contributed by atoms with Crippen molar-refractivity contribution in [3.63, 3.8) is 0 Å². The Morgan fingerprint density at radius 1 is 1.15 bits per heavy atom. The second kappa shape index (κ2) is 9.20. The summed E-state index contributed by atoms with van der Waals surface area (Å²) in [7, 11) is 1.76. The first kappa shape index (κ1) is 18.2. The number of ether oxygens (including phenoxy) is 1. The number of hydrogen-bond acceptors (Lipinski definition) is 4.